The minimum atomic E-state index is -5.22. The predicted molar refractivity (Wildman–Crippen MR) is 272 cm³/mol. The lowest BCUT2D eigenvalue weighted by Crippen LogP contribution is -2.64. The number of nitrogens with zero attached hydrogens (tertiary/aromatic N) is 2. The first-order valence-electron chi connectivity index (χ1n) is 26.4. The van der Waals surface area contributed by atoms with Crippen molar-refractivity contribution in [3.05, 3.63) is 23.8 Å². The maximum absolute atomic E-state index is 14.4. The molecule has 1 unspecified atom stereocenters. The average Bonchev–Trinajstić information content (AvgIpc) is 4.00. The van der Waals surface area contributed by atoms with Crippen molar-refractivity contribution in [3.8, 4) is 11.5 Å². The van der Waals surface area contributed by atoms with Crippen molar-refractivity contribution in [2.45, 2.75) is 202 Å². The summed E-state index contributed by atoms with van der Waals surface area (Å²) in [5.74, 6) is -11.5. The molecule has 29 heteroatoms. The predicted octanol–water partition coefficient (Wildman–Crippen LogP) is -3.75. The number of fused-ring (bicyclic) bond motifs is 2. The Morgan fingerprint density at radius 3 is 1.95 bits per heavy atom. The second-order valence-corrected chi connectivity index (χ2v) is 21.2. The largest absolute Gasteiger partial charge is 0.504 e. The Labute approximate surface area is 451 Å². The molecule has 3 aliphatic rings. The first kappa shape index (κ1) is 64.7. The number of amides is 8. The zero-order valence-corrected chi connectivity index (χ0v) is 44.4. The maximum Gasteiger partial charge on any atom is 0.446 e. The van der Waals surface area contributed by atoms with E-state index < -0.39 is 188 Å². The zero-order valence-electron chi connectivity index (χ0n) is 43.6. The van der Waals surface area contributed by atoms with E-state index in [1.165, 1.54) is 38.5 Å². The van der Waals surface area contributed by atoms with Crippen LogP contribution in [-0.2, 0) is 55.2 Å². The van der Waals surface area contributed by atoms with Crippen molar-refractivity contribution >= 4 is 57.7 Å². The second-order valence-electron chi connectivity index (χ2n) is 20.1. The fourth-order valence-corrected chi connectivity index (χ4v) is 10.0. The highest BCUT2D eigenvalue weighted by molar-refractivity contribution is 7.81. The highest BCUT2D eigenvalue weighted by atomic mass is 32.3. The van der Waals surface area contributed by atoms with E-state index in [2.05, 4.69) is 32.4 Å². The fraction of sp³-hybridized carbons (Fsp3) is 0.714. The molecule has 0 radical (unpaired) electrons. The van der Waals surface area contributed by atoms with Crippen LogP contribution < -0.4 is 36.5 Å². The summed E-state index contributed by atoms with van der Waals surface area (Å²) in [7, 11) is -5.22. The molecule has 28 nitrogen and oxygen atoms in total. The van der Waals surface area contributed by atoms with E-state index in [0.29, 0.717) is 17.7 Å². The van der Waals surface area contributed by atoms with Gasteiger partial charge in [0.05, 0.1) is 37.4 Å². The number of carbonyl (C=O) groups excluding carboxylic acids is 8. The van der Waals surface area contributed by atoms with Gasteiger partial charge in [-0.3, -0.25) is 42.9 Å². The summed E-state index contributed by atoms with van der Waals surface area (Å²) in [6.07, 6.45) is -2.14. The summed E-state index contributed by atoms with van der Waals surface area (Å²) in [4.78, 5) is 112. The molecule has 0 spiro atoms. The Kier molecular flexibility index (Phi) is 25.8. The molecule has 0 aliphatic carbocycles. The number of aliphatic hydroxyl groups is 7. The molecule has 3 heterocycles. The lowest BCUT2D eigenvalue weighted by atomic mass is 9.98. The third kappa shape index (κ3) is 19.8. The fourth-order valence-electron chi connectivity index (χ4n) is 9.68. The van der Waals surface area contributed by atoms with Gasteiger partial charge >= 0.3 is 10.4 Å². The second kappa shape index (κ2) is 31.1. The third-order valence-corrected chi connectivity index (χ3v) is 14.2. The summed E-state index contributed by atoms with van der Waals surface area (Å²) in [6.45, 7) is -0.0722. The number of rotatable bonds is 24. The molecule has 12 atom stereocenters. The average molecular weight is 1130 g/mol. The Balaban J connectivity index is 1.67. The van der Waals surface area contributed by atoms with Crippen molar-refractivity contribution in [1.82, 2.24) is 36.4 Å². The molecule has 4 rings (SSSR count). The Morgan fingerprint density at radius 2 is 1.36 bits per heavy atom. The number of phenolic OH excluding ortho intramolecular Hbond substituents is 1. The summed E-state index contributed by atoms with van der Waals surface area (Å²) in [6, 6.07) is -9.20. The molecule has 3 saturated heterocycles. The van der Waals surface area contributed by atoms with Gasteiger partial charge in [-0.25, -0.2) is 0 Å². The maximum atomic E-state index is 14.4. The number of benzene rings is 1. The molecule has 0 saturated carbocycles. The highest BCUT2D eigenvalue weighted by Gasteiger charge is 2.48. The van der Waals surface area contributed by atoms with Crippen LogP contribution in [0.1, 0.15) is 128 Å². The van der Waals surface area contributed by atoms with Crippen LogP contribution >= 0.6 is 0 Å². The number of nitrogens with one attached hydrogen (secondary N) is 5. The van der Waals surface area contributed by atoms with Gasteiger partial charge in [0.2, 0.25) is 47.3 Å². The number of nitrogens with two attached hydrogens (primary N) is 1. The topological polar surface area (TPSA) is 455 Å². The number of hydrogen-bond donors (Lipinski definition) is 15. The summed E-state index contributed by atoms with van der Waals surface area (Å²) < 4.78 is 36.5. The molecule has 78 heavy (non-hydrogen) atoms. The van der Waals surface area contributed by atoms with Gasteiger partial charge < -0.3 is 87.2 Å². The van der Waals surface area contributed by atoms with E-state index in [1.807, 2.05) is 5.32 Å². The van der Waals surface area contributed by atoms with Crippen LogP contribution in [-0.4, -0.2) is 204 Å². The number of unbranched alkanes of at least 4 members (excludes halogenated alkanes) is 12. The summed E-state index contributed by atoms with van der Waals surface area (Å²) in [5.41, 5.74) is 5.18. The van der Waals surface area contributed by atoms with Crippen molar-refractivity contribution in [1.29, 1.82) is 0 Å². The van der Waals surface area contributed by atoms with Crippen LogP contribution in [0.15, 0.2) is 18.2 Å². The van der Waals surface area contributed by atoms with Gasteiger partial charge in [0.15, 0.2) is 17.7 Å². The van der Waals surface area contributed by atoms with E-state index in [-0.39, 0.29) is 18.4 Å². The molecule has 440 valence electrons. The summed E-state index contributed by atoms with van der Waals surface area (Å²) in [5, 5.41) is 98.7. The van der Waals surface area contributed by atoms with Crippen LogP contribution in [0.25, 0.3) is 0 Å². The Bertz CT molecular complexity index is 2330. The monoisotopic (exact) mass is 1130 g/mol. The van der Waals surface area contributed by atoms with E-state index in [1.54, 1.807) is 0 Å². The molecule has 3 fully saturated rings. The molecular weight excluding hydrogens is 1050 g/mol. The third-order valence-electron chi connectivity index (χ3n) is 13.9. The van der Waals surface area contributed by atoms with Crippen LogP contribution in [0, 0.1) is 0 Å². The van der Waals surface area contributed by atoms with E-state index in [0.717, 1.165) is 55.2 Å². The number of primary amides is 1. The number of hydrogen-bond acceptors (Lipinski definition) is 19. The van der Waals surface area contributed by atoms with Gasteiger partial charge in [-0.05, 0) is 30.5 Å². The smallest absolute Gasteiger partial charge is 0.446 e. The molecule has 1 aromatic carbocycles. The number of aromatic hydroxyl groups is 1. The normalized spacial score (nSPS) is 26.8. The van der Waals surface area contributed by atoms with Crippen LogP contribution in [0.3, 0.4) is 0 Å². The minimum Gasteiger partial charge on any atom is -0.504 e. The van der Waals surface area contributed by atoms with Crippen LogP contribution in [0.5, 0.6) is 11.5 Å². The lowest BCUT2D eigenvalue weighted by molar-refractivity contribution is -0.148. The molecule has 8 amide bonds. The standard InChI is InChI=1S/C49H78N8O20S/c1-2-3-4-5-6-7-8-9-10-11-12-13-14-15-39(66)51-29-23-36(64)45(69)55-47(71)42-33(61)18-19-56(42)49(73)41(35(63)24-38(50)65)54-46(70)40(34(62)20-27-16-17-32(60)37(21-27)77-78(74,75)76)53-44(68)31-22-28(59)25-57(31)48(72)30(26-58)52-43(29)67/h16-17,21,28-31,33-36,40-42,45,58-64,69H,2-15,18-20,22-26H2,1H3,(H2,50,65)(H,51,66)(H,52,67)(H,53,68)(H,54,70)(H,55,71)(H,74,75,76)/t28-,29-,30-,31+,33+,34+,35+,36+,40?,41-,42+,45+/m0/s1. The first-order chi connectivity index (χ1) is 36.8. The first-order valence-corrected chi connectivity index (χ1v) is 27.8. The minimum absolute atomic E-state index is 0.0915. The number of phenols is 1. The number of aliphatic hydroxyl groups excluding tert-OH is 7. The van der Waals surface area contributed by atoms with Gasteiger partial charge in [-0.2, -0.15) is 8.42 Å². The molecular formula is C49H78N8O20S. The Morgan fingerprint density at radius 1 is 0.756 bits per heavy atom. The molecule has 1 aromatic rings. The van der Waals surface area contributed by atoms with E-state index >= 15 is 0 Å². The van der Waals surface area contributed by atoms with Gasteiger partial charge in [-0.1, -0.05) is 90.0 Å². The highest BCUT2D eigenvalue weighted by Crippen LogP contribution is 2.29. The molecule has 16 N–H and O–H groups in total. The zero-order chi connectivity index (χ0) is 57.9. The Hall–Kier alpha value is -5.79. The molecule has 0 bridgehead atoms. The van der Waals surface area contributed by atoms with Crippen molar-refractivity contribution in [2.24, 2.45) is 5.73 Å². The van der Waals surface area contributed by atoms with Gasteiger partial charge in [0.1, 0.15) is 42.4 Å². The van der Waals surface area contributed by atoms with E-state index in [9.17, 15) is 92.2 Å². The van der Waals surface area contributed by atoms with Gasteiger partial charge in [0, 0.05) is 38.8 Å². The van der Waals surface area contributed by atoms with Crippen molar-refractivity contribution < 1.29 is 96.4 Å². The summed E-state index contributed by atoms with van der Waals surface area (Å²) >= 11 is 0. The SMILES string of the molecule is CCCCCCCCCCCCCCCC(=O)N[C@H]1C[C@@H](O)[C@@H](O)NC(=O)[C@H]2[C@H](O)CCN2C(=O)[C@H]([C@H](O)CC(N)=O)NC(=O)C([C@H](O)Cc2ccc(O)c(OS(=O)(=O)O)c2)NC(=O)[C@H]2C[C@H](O)CN2C(=O)[C@H](CO)NC1=O. The molecule has 0 aromatic heterocycles. The number of carbonyl (C=O) groups is 8. The van der Waals surface area contributed by atoms with Crippen molar-refractivity contribution in [2.75, 3.05) is 19.7 Å². The van der Waals surface area contributed by atoms with Gasteiger partial charge in [0.25, 0.3) is 0 Å². The van der Waals surface area contributed by atoms with Crippen LogP contribution in [0.4, 0.5) is 0 Å². The van der Waals surface area contributed by atoms with Gasteiger partial charge in [-0.15, -0.1) is 0 Å². The van der Waals surface area contributed by atoms with Crippen LogP contribution in [0.2, 0.25) is 0 Å². The van der Waals surface area contributed by atoms with Crippen molar-refractivity contribution in [3.63, 3.8) is 0 Å². The quantitative estimate of drug-likeness (QED) is 0.0349. The molecule has 3 aliphatic heterocycles. The lowest BCUT2D eigenvalue weighted by Gasteiger charge is -2.34. The van der Waals surface area contributed by atoms with E-state index in [4.69, 9.17) is 5.73 Å².